The second-order valence-electron chi connectivity index (χ2n) is 3.18. The second kappa shape index (κ2) is 2.35. The van der Waals surface area contributed by atoms with Crippen molar-refractivity contribution in [2.75, 3.05) is 6.54 Å². The van der Waals surface area contributed by atoms with Crippen LogP contribution in [-0.4, -0.2) is 24.6 Å². The van der Waals surface area contributed by atoms with E-state index in [0.717, 1.165) is 0 Å². The number of halogens is 3. The Morgan fingerprint density at radius 3 is 2.18 bits per heavy atom. The van der Waals surface area contributed by atoms with Gasteiger partial charge in [0.25, 0.3) is 0 Å². The van der Waals surface area contributed by atoms with Crippen LogP contribution in [0.2, 0.25) is 0 Å². The van der Waals surface area contributed by atoms with Crippen LogP contribution in [0.25, 0.3) is 0 Å². The predicted molar refractivity (Wildman–Crippen MR) is 33.0 cm³/mol. The van der Waals surface area contributed by atoms with Crippen LogP contribution in [0.1, 0.15) is 13.8 Å². The Labute approximate surface area is 62.7 Å². The fourth-order valence-electron chi connectivity index (χ4n) is 0.923. The topological polar surface area (TPSA) is 21.3 Å². The van der Waals surface area contributed by atoms with Gasteiger partial charge in [-0.15, -0.1) is 0 Å². The van der Waals surface area contributed by atoms with E-state index in [-0.39, 0.29) is 6.54 Å². The highest BCUT2D eigenvalue weighted by molar-refractivity contribution is 4.84. The molecule has 0 spiro atoms. The van der Waals surface area contributed by atoms with Crippen molar-refractivity contribution in [3.8, 4) is 0 Å². The van der Waals surface area contributed by atoms with Gasteiger partial charge in [0.2, 0.25) is 6.23 Å². The monoisotopic (exact) mass is 169 g/mol. The molecule has 1 saturated heterocycles. The lowest BCUT2D eigenvalue weighted by Crippen LogP contribution is -2.38. The van der Waals surface area contributed by atoms with E-state index >= 15 is 0 Å². The van der Waals surface area contributed by atoms with Gasteiger partial charge in [-0.2, -0.15) is 13.2 Å². The summed E-state index contributed by atoms with van der Waals surface area (Å²) in [6.45, 7) is 3.47. The standard InChI is InChI=1S/C6H10F3NO/c1-5(2)3-10-4(11-5)6(7,8)9/h4,10H,3H2,1-2H3. The van der Waals surface area contributed by atoms with E-state index < -0.39 is 18.0 Å². The number of hydrogen-bond acceptors (Lipinski definition) is 2. The summed E-state index contributed by atoms with van der Waals surface area (Å²) < 4.78 is 40.4. The van der Waals surface area contributed by atoms with Gasteiger partial charge in [-0.3, -0.25) is 5.32 Å². The fraction of sp³-hybridized carbons (Fsp3) is 1.00. The molecular weight excluding hydrogens is 159 g/mol. The molecule has 1 rings (SSSR count). The summed E-state index contributed by atoms with van der Waals surface area (Å²) >= 11 is 0. The molecule has 1 N–H and O–H groups in total. The first-order valence-corrected chi connectivity index (χ1v) is 3.29. The molecule has 1 unspecified atom stereocenters. The van der Waals surface area contributed by atoms with E-state index in [1.165, 1.54) is 0 Å². The van der Waals surface area contributed by atoms with Gasteiger partial charge in [-0.1, -0.05) is 0 Å². The first-order chi connectivity index (χ1) is 4.81. The number of alkyl halides is 3. The van der Waals surface area contributed by atoms with Crippen molar-refractivity contribution in [1.29, 1.82) is 0 Å². The van der Waals surface area contributed by atoms with Gasteiger partial charge >= 0.3 is 6.18 Å². The van der Waals surface area contributed by atoms with Crippen LogP contribution in [0.3, 0.4) is 0 Å². The largest absolute Gasteiger partial charge is 0.428 e. The molecule has 0 aromatic carbocycles. The SMILES string of the molecule is CC1(C)CNC(C(F)(F)F)O1. The highest BCUT2D eigenvalue weighted by atomic mass is 19.4. The first-order valence-electron chi connectivity index (χ1n) is 3.29. The van der Waals surface area contributed by atoms with Crippen LogP contribution in [0.4, 0.5) is 13.2 Å². The number of rotatable bonds is 0. The van der Waals surface area contributed by atoms with Crippen molar-refractivity contribution >= 4 is 0 Å². The van der Waals surface area contributed by atoms with Crippen LogP contribution in [0.15, 0.2) is 0 Å². The number of hydrogen-bond donors (Lipinski definition) is 1. The minimum atomic E-state index is -4.30. The molecule has 1 aliphatic heterocycles. The minimum Gasteiger partial charge on any atom is -0.347 e. The van der Waals surface area contributed by atoms with E-state index in [4.69, 9.17) is 0 Å². The maximum absolute atomic E-state index is 11.9. The molecule has 1 aliphatic rings. The van der Waals surface area contributed by atoms with Gasteiger partial charge in [0.05, 0.1) is 5.60 Å². The summed E-state index contributed by atoms with van der Waals surface area (Å²) in [4.78, 5) is 0. The van der Waals surface area contributed by atoms with Crippen LogP contribution in [-0.2, 0) is 4.74 Å². The number of ether oxygens (including phenoxy) is 1. The molecule has 1 atom stereocenters. The molecule has 0 aliphatic carbocycles. The summed E-state index contributed by atoms with van der Waals surface area (Å²) in [5.74, 6) is 0. The van der Waals surface area contributed by atoms with Gasteiger partial charge in [0.1, 0.15) is 0 Å². The lowest BCUT2D eigenvalue weighted by Gasteiger charge is -2.18. The van der Waals surface area contributed by atoms with E-state index in [0.29, 0.717) is 0 Å². The van der Waals surface area contributed by atoms with Crippen molar-refractivity contribution in [1.82, 2.24) is 5.32 Å². The number of nitrogens with one attached hydrogen (secondary N) is 1. The van der Waals surface area contributed by atoms with Crippen LogP contribution in [0, 0.1) is 0 Å². The highest BCUT2D eigenvalue weighted by Crippen LogP contribution is 2.28. The maximum atomic E-state index is 11.9. The van der Waals surface area contributed by atoms with Crippen molar-refractivity contribution < 1.29 is 17.9 Å². The molecule has 1 heterocycles. The van der Waals surface area contributed by atoms with Crippen molar-refractivity contribution in [2.24, 2.45) is 0 Å². The lowest BCUT2D eigenvalue weighted by atomic mass is 10.1. The van der Waals surface area contributed by atoms with Crippen LogP contribution < -0.4 is 5.32 Å². The summed E-state index contributed by atoms with van der Waals surface area (Å²) in [6.07, 6.45) is -6.09. The van der Waals surface area contributed by atoms with Crippen molar-refractivity contribution in [2.45, 2.75) is 31.9 Å². The lowest BCUT2D eigenvalue weighted by molar-refractivity contribution is -0.230. The Bertz CT molecular complexity index is 154. The summed E-state index contributed by atoms with van der Waals surface area (Å²) in [7, 11) is 0. The van der Waals surface area contributed by atoms with Crippen molar-refractivity contribution in [3.05, 3.63) is 0 Å². The van der Waals surface area contributed by atoms with Crippen LogP contribution in [0.5, 0.6) is 0 Å². The summed E-state index contributed by atoms with van der Waals surface area (Å²) in [5, 5.41) is 2.24. The van der Waals surface area contributed by atoms with E-state index in [1.807, 2.05) is 0 Å². The predicted octanol–water partition coefficient (Wildman–Crippen LogP) is 1.27. The van der Waals surface area contributed by atoms with Gasteiger partial charge < -0.3 is 4.74 Å². The minimum absolute atomic E-state index is 0.233. The van der Waals surface area contributed by atoms with Gasteiger partial charge in [0, 0.05) is 6.54 Å². The zero-order chi connectivity index (χ0) is 8.70. The third-order valence-electron chi connectivity index (χ3n) is 1.45. The molecule has 0 saturated carbocycles. The summed E-state index contributed by atoms with van der Waals surface area (Å²) in [6, 6.07) is 0. The third-order valence-corrected chi connectivity index (χ3v) is 1.45. The fourth-order valence-corrected chi connectivity index (χ4v) is 0.923. The van der Waals surface area contributed by atoms with E-state index in [2.05, 4.69) is 10.1 Å². The van der Waals surface area contributed by atoms with Crippen LogP contribution >= 0.6 is 0 Å². The average Bonchev–Trinajstić information content (AvgIpc) is 2.07. The first kappa shape index (κ1) is 8.80. The van der Waals surface area contributed by atoms with Gasteiger partial charge in [0.15, 0.2) is 0 Å². The normalized spacial score (nSPS) is 30.8. The smallest absolute Gasteiger partial charge is 0.347 e. The van der Waals surface area contributed by atoms with Gasteiger partial charge in [-0.25, -0.2) is 0 Å². The zero-order valence-corrected chi connectivity index (χ0v) is 6.33. The molecule has 0 amide bonds. The van der Waals surface area contributed by atoms with Crippen molar-refractivity contribution in [3.63, 3.8) is 0 Å². The molecular formula is C6H10F3NO. The molecule has 0 aromatic heterocycles. The van der Waals surface area contributed by atoms with E-state index in [9.17, 15) is 13.2 Å². The summed E-state index contributed by atoms with van der Waals surface area (Å²) in [5.41, 5.74) is -0.708. The molecule has 66 valence electrons. The molecule has 2 nitrogen and oxygen atoms in total. The highest BCUT2D eigenvalue weighted by Gasteiger charge is 2.47. The Morgan fingerprint density at radius 2 is 2.00 bits per heavy atom. The second-order valence-corrected chi connectivity index (χ2v) is 3.18. The Kier molecular flexibility index (Phi) is 1.88. The molecule has 1 fully saturated rings. The average molecular weight is 169 g/mol. The van der Waals surface area contributed by atoms with E-state index in [1.54, 1.807) is 13.8 Å². The molecule has 11 heavy (non-hydrogen) atoms. The van der Waals surface area contributed by atoms with Gasteiger partial charge in [-0.05, 0) is 13.8 Å². The third kappa shape index (κ3) is 2.07. The molecule has 0 radical (unpaired) electrons. The molecule has 0 bridgehead atoms. The Balaban J connectivity index is 2.55. The molecule has 5 heteroatoms. The molecule has 0 aromatic rings. The Morgan fingerprint density at radius 1 is 1.45 bits per heavy atom. The quantitative estimate of drug-likeness (QED) is 0.589. The zero-order valence-electron chi connectivity index (χ0n) is 6.33. The maximum Gasteiger partial charge on any atom is 0.428 e. The Hall–Kier alpha value is -0.290.